The Balaban J connectivity index is 1.38. The fourth-order valence-electron chi connectivity index (χ4n) is 4.24. The van der Waals surface area contributed by atoms with Gasteiger partial charge in [0.2, 0.25) is 5.91 Å². The summed E-state index contributed by atoms with van der Waals surface area (Å²) < 4.78 is 5.16. The first-order valence-corrected chi connectivity index (χ1v) is 11.9. The van der Waals surface area contributed by atoms with Gasteiger partial charge in [-0.05, 0) is 35.4 Å². The summed E-state index contributed by atoms with van der Waals surface area (Å²) in [6, 6.07) is 26.1. The summed E-state index contributed by atoms with van der Waals surface area (Å²) in [4.78, 5) is 30.5. The zero-order valence-electron chi connectivity index (χ0n) is 20.0. The molecule has 1 unspecified atom stereocenters. The maximum atomic E-state index is 13.5. The second kappa shape index (κ2) is 12.0. The van der Waals surface area contributed by atoms with Gasteiger partial charge in [-0.1, -0.05) is 60.7 Å². The Morgan fingerprint density at radius 2 is 1.43 bits per heavy atom. The van der Waals surface area contributed by atoms with Gasteiger partial charge in [-0.3, -0.25) is 9.69 Å². The average Bonchev–Trinajstić information content (AvgIpc) is 2.90. The minimum Gasteiger partial charge on any atom is -0.497 e. The molecule has 4 rings (SSSR count). The number of hydrogen-bond donors (Lipinski definition) is 2. The standard InChI is InChI=1S/C28H32N4O3/c1-35-25-14-12-24(13-15-25)29-28(34)30-26(20-22-8-4-2-5-9-22)27(33)32-18-16-31(17-19-32)21-23-10-6-3-7-11-23/h2-15,26H,16-21H2,1H3,(H2,29,30,34). The lowest BCUT2D eigenvalue weighted by Gasteiger charge is -2.36. The van der Waals surface area contributed by atoms with Crippen LogP contribution in [0.4, 0.5) is 10.5 Å². The van der Waals surface area contributed by atoms with Crippen molar-refractivity contribution in [3.8, 4) is 5.75 Å². The van der Waals surface area contributed by atoms with Crippen LogP contribution in [-0.2, 0) is 17.8 Å². The minimum atomic E-state index is -0.656. The van der Waals surface area contributed by atoms with Gasteiger partial charge in [0, 0.05) is 44.8 Å². The fraction of sp³-hybridized carbons (Fsp3) is 0.286. The van der Waals surface area contributed by atoms with E-state index >= 15 is 0 Å². The molecule has 35 heavy (non-hydrogen) atoms. The first-order valence-electron chi connectivity index (χ1n) is 11.9. The van der Waals surface area contributed by atoms with E-state index in [1.807, 2.05) is 53.4 Å². The summed E-state index contributed by atoms with van der Waals surface area (Å²) in [7, 11) is 1.59. The van der Waals surface area contributed by atoms with Crippen molar-refractivity contribution < 1.29 is 14.3 Å². The molecule has 1 heterocycles. The van der Waals surface area contributed by atoms with E-state index in [4.69, 9.17) is 4.74 Å². The number of amides is 3. The molecule has 1 saturated heterocycles. The van der Waals surface area contributed by atoms with Crippen molar-refractivity contribution >= 4 is 17.6 Å². The molecule has 2 N–H and O–H groups in total. The lowest BCUT2D eigenvalue weighted by molar-refractivity contribution is -0.135. The van der Waals surface area contributed by atoms with Gasteiger partial charge in [0.15, 0.2) is 0 Å². The highest BCUT2D eigenvalue weighted by Gasteiger charge is 2.29. The van der Waals surface area contributed by atoms with E-state index in [-0.39, 0.29) is 5.91 Å². The maximum absolute atomic E-state index is 13.5. The highest BCUT2D eigenvalue weighted by molar-refractivity contribution is 5.94. The molecule has 0 aliphatic carbocycles. The molecule has 7 heteroatoms. The number of nitrogens with one attached hydrogen (secondary N) is 2. The highest BCUT2D eigenvalue weighted by atomic mass is 16.5. The van der Waals surface area contributed by atoms with Gasteiger partial charge in [-0.15, -0.1) is 0 Å². The lowest BCUT2D eigenvalue weighted by atomic mass is 10.0. The summed E-state index contributed by atoms with van der Waals surface area (Å²) in [5, 5.41) is 5.72. The third kappa shape index (κ3) is 7.07. The van der Waals surface area contributed by atoms with Crippen molar-refractivity contribution in [2.75, 3.05) is 38.6 Å². The molecule has 182 valence electrons. The molecule has 3 aromatic rings. The molecule has 0 saturated carbocycles. The predicted molar refractivity (Wildman–Crippen MR) is 137 cm³/mol. The van der Waals surface area contributed by atoms with Crippen LogP contribution in [0.25, 0.3) is 0 Å². The van der Waals surface area contributed by atoms with Gasteiger partial charge < -0.3 is 20.3 Å². The normalized spacial score (nSPS) is 14.7. The molecule has 0 spiro atoms. The van der Waals surface area contributed by atoms with Crippen LogP contribution < -0.4 is 15.4 Å². The van der Waals surface area contributed by atoms with Crippen molar-refractivity contribution in [1.29, 1.82) is 0 Å². The Morgan fingerprint density at radius 3 is 2.03 bits per heavy atom. The lowest BCUT2D eigenvalue weighted by Crippen LogP contribution is -2.55. The van der Waals surface area contributed by atoms with Gasteiger partial charge in [-0.2, -0.15) is 0 Å². The van der Waals surface area contributed by atoms with Crippen LogP contribution in [0.2, 0.25) is 0 Å². The molecule has 3 aromatic carbocycles. The molecule has 1 aliphatic rings. The van der Waals surface area contributed by atoms with E-state index in [9.17, 15) is 9.59 Å². The number of benzene rings is 3. The van der Waals surface area contributed by atoms with Gasteiger partial charge in [0.25, 0.3) is 0 Å². The van der Waals surface area contributed by atoms with E-state index < -0.39 is 12.1 Å². The second-order valence-corrected chi connectivity index (χ2v) is 8.66. The number of piperazine rings is 1. The van der Waals surface area contributed by atoms with Crippen molar-refractivity contribution in [1.82, 2.24) is 15.1 Å². The summed E-state index contributed by atoms with van der Waals surface area (Å²) in [6.07, 6.45) is 0.430. The van der Waals surface area contributed by atoms with Crippen LogP contribution >= 0.6 is 0 Å². The van der Waals surface area contributed by atoms with E-state index in [1.165, 1.54) is 5.56 Å². The third-order valence-electron chi connectivity index (χ3n) is 6.17. The Bertz CT molecular complexity index is 1080. The summed E-state index contributed by atoms with van der Waals surface area (Å²) in [5.41, 5.74) is 2.90. The van der Waals surface area contributed by atoms with Crippen molar-refractivity contribution in [3.63, 3.8) is 0 Å². The molecular formula is C28H32N4O3. The van der Waals surface area contributed by atoms with E-state index in [0.29, 0.717) is 30.9 Å². The summed E-state index contributed by atoms with van der Waals surface area (Å²) in [6.45, 7) is 3.75. The third-order valence-corrected chi connectivity index (χ3v) is 6.17. The number of nitrogens with zero attached hydrogens (tertiary/aromatic N) is 2. The number of anilines is 1. The molecule has 1 fully saturated rings. The minimum absolute atomic E-state index is 0.0573. The van der Waals surface area contributed by atoms with Gasteiger partial charge >= 0.3 is 6.03 Å². The number of carbonyl (C=O) groups excluding carboxylic acids is 2. The van der Waals surface area contributed by atoms with Gasteiger partial charge in [0.1, 0.15) is 11.8 Å². The highest BCUT2D eigenvalue weighted by Crippen LogP contribution is 2.16. The Kier molecular flexibility index (Phi) is 8.35. The average molecular weight is 473 g/mol. The number of ether oxygens (including phenoxy) is 1. The summed E-state index contributed by atoms with van der Waals surface area (Å²) >= 11 is 0. The maximum Gasteiger partial charge on any atom is 0.319 e. The topological polar surface area (TPSA) is 73.9 Å². The summed E-state index contributed by atoms with van der Waals surface area (Å²) in [5.74, 6) is 0.651. The number of urea groups is 1. The van der Waals surface area contributed by atoms with Crippen LogP contribution in [0, 0.1) is 0 Å². The Morgan fingerprint density at radius 1 is 0.829 bits per heavy atom. The fourth-order valence-corrected chi connectivity index (χ4v) is 4.24. The van der Waals surface area contributed by atoms with Crippen LogP contribution in [0.3, 0.4) is 0 Å². The Hall–Kier alpha value is -3.84. The number of rotatable bonds is 8. The van der Waals surface area contributed by atoms with Crippen LogP contribution in [-0.4, -0.2) is 61.1 Å². The quantitative estimate of drug-likeness (QED) is 0.524. The first-order chi connectivity index (χ1) is 17.1. The van der Waals surface area contributed by atoms with E-state index in [1.54, 1.807) is 31.4 Å². The van der Waals surface area contributed by atoms with Crippen molar-refractivity contribution in [2.24, 2.45) is 0 Å². The van der Waals surface area contributed by atoms with E-state index in [2.05, 4.69) is 27.7 Å². The first kappa shape index (κ1) is 24.3. The van der Waals surface area contributed by atoms with Gasteiger partial charge in [0.05, 0.1) is 7.11 Å². The molecule has 7 nitrogen and oxygen atoms in total. The molecular weight excluding hydrogens is 440 g/mol. The smallest absolute Gasteiger partial charge is 0.319 e. The van der Waals surface area contributed by atoms with Gasteiger partial charge in [-0.25, -0.2) is 4.79 Å². The van der Waals surface area contributed by atoms with E-state index in [0.717, 1.165) is 25.2 Å². The zero-order chi connectivity index (χ0) is 24.5. The monoisotopic (exact) mass is 472 g/mol. The molecule has 0 aromatic heterocycles. The number of hydrogen-bond acceptors (Lipinski definition) is 4. The SMILES string of the molecule is COc1ccc(NC(=O)NC(Cc2ccccc2)C(=O)N2CCN(Cc3ccccc3)CC2)cc1. The molecule has 0 radical (unpaired) electrons. The molecule has 1 atom stereocenters. The Labute approximate surface area is 206 Å². The largest absolute Gasteiger partial charge is 0.497 e. The molecule has 0 bridgehead atoms. The molecule has 3 amide bonds. The zero-order valence-corrected chi connectivity index (χ0v) is 20.0. The number of methoxy groups -OCH3 is 1. The molecule has 1 aliphatic heterocycles. The van der Waals surface area contributed by atoms with Crippen LogP contribution in [0.15, 0.2) is 84.9 Å². The van der Waals surface area contributed by atoms with Crippen LogP contribution in [0.1, 0.15) is 11.1 Å². The number of carbonyl (C=O) groups is 2. The second-order valence-electron chi connectivity index (χ2n) is 8.66. The van der Waals surface area contributed by atoms with Crippen molar-refractivity contribution in [2.45, 2.75) is 19.0 Å². The predicted octanol–water partition coefficient (Wildman–Crippen LogP) is 3.77. The van der Waals surface area contributed by atoms with Crippen molar-refractivity contribution in [3.05, 3.63) is 96.1 Å². The van der Waals surface area contributed by atoms with Crippen LogP contribution in [0.5, 0.6) is 5.75 Å².